The molecule has 0 bridgehead atoms. The van der Waals surface area contributed by atoms with Gasteiger partial charge in [-0.1, -0.05) is 141 Å². The molecule has 0 fully saturated rings. The van der Waals surface area contributed by atoms with E-state index in [-0.39, 0.29) is 5.41 Å². The molecule has 0 N–H and O–H groups in total. The second kappa shape index (κ2) is 12.8. The van der Waals surface area contributed by atoms with E-state index in [2.05, 4.69) is 217 Å². The molecule has 0 spiro atoms. The lowest BCUT2D eigenvalue weighted by molar-refractivity contribution is 0.660. The summed E-state index contributed by atoms with van der Waals surface area (Å²) in [4.78, 5) is 2.40. The molecule has 2 heteroatoms. The van der Waals surface area contributed by atoms with Crippen LogP contribution in [0.15, 0.2) is 182 Å². The number of hydrogen-bond acceptors (Lipinski definition) is 1. The van der Waals surface area contributed by atoms with E-state index in [0.29, 0.717) is 0 Å². The quantitative estimate of drug-likeness (QED) is 0.168. The van der Waals surface area contributed by atoms with Crippen molar-refractivity contribution in [2.45, 2.75) is 25.7 Å². The fourth-order valence-electron chi connectivity index (χ4n) is 8.67. The summed E-state index contributed by atoms with van der Waals surface area (Å²) in [5, 5.41) is 1.26. The molecule has 54 heavy (non-hydrogen) atoms. The van der Waals surface area contributed by atoms with E-state index < -0.39 is 0 Å². The van der Waals surface area contributed by atoms with Crippen molar-refractivity contribution in [2.75, 3.05) is 4.90 Å². The van der Waals surface area contributed by atoms with Crippen LogP contribution in [0.3, 0.4) is 0 Å². The van der Waals surface area contributed by atoms with Gasteiger partial charge < -0.3 is 9.47 Å². The second-order valence-electron chi connectivity index (χ2n) is 14.9. The highest BCUT2D eigenvalue weighted by Crippen LogP contribution is 2.50. The van der Waals surface area contributed by atoms with Crippen molar-refractivity contribution in [3.05, 3.63) is 204 Å². The Balaban J connectivity index is 1.07. The minimum Gasteiger partial charge on any atom is -0.310 e. The predicted molar refractivity (Wildman–Crippen MR) is 229 cm³/mol. The van der Waals surface area contributed by atoms with E-state index in [9.17, 15) is 0 Å². The van der Waals surface area contributed by atoms with Gasteiger partial charge in [-0.25, -0.2) is 0 Å². The molecule has 0 saturated carbocycles. The number of allylic oxidation sites excluding steroid dienone is 2. The lowest BCUT2D eigenvalue weighted by atomic mass is 9.82. The zero-order valence-electron chi connectivity index (χ0n) is 30.6. The average molecular weight is 693 g/mol. The summed E-state index contributed by atoms with van der Waals surface area (Å²) >= 11 is 0. The van der Waals surface area contributed by atoms with Crippen molar-refractivity contribution in [1.29, 1.82) is 0 Å². The van der Waals surface area contributed by atoms with Gasteiger partial charge in [0.15, 0.2) is 0 Å². The van der Waals surface area contributed by atoms with Gasteiger partial charge in [-0.2, -0.15) is 0 Å². The van der Waals surface area contributed by atoms with Gasteiger partial charge in [0, 0.05) is 39.1 Å². The van der Waals surface area contributed by atoms with Crippen LogP contribution in [0.4, 0.5) is 17.1 Å². The van der Waals surface area contributed by atoms with Crippen molar-refractivity contribution in [3.63, 3.8) is 0 Å². The van der Waals surface area contributed by atoms with Crippen LogP contribution >= 0.6 is 0 Å². The Bertz CT molecular complexity index is 2730. The first-order chi connectivity index (χ1) is 26.5. The van der Waals surface area contributed by atoms with Crippen LogP contribution in [-0.4, -0.2) is 4.57 Å². The maximum atomic E-state index is 2.41. The molecule has 0 aliphatic heterocycles. The molecule has 0 radical (unpaired) electrons. The molecular formula is C52H40N2. The maximum Gasteiger partial charge on any atom is 0.0541 e. The fraction of sp³-hybridized carbons (Fsp3) is 0.0769. The number of benzene rings is 7. The summed E-state index contributed by atoms with van der Waals surface area (Å²) < 4.78 is 2.39. The summed E-state index contributed by atoms with van der Waals surface area (Å²) in [6, 6.07) is 62.2. The Morgan fingerprint density at radius 3 is 1.80 bits per heavy atom. The number of nitrogens with zero attached hydrogens (tertiary/aromatic N) is 2. The minimum atomic E-state index is -0.0874. The van der Waals surface area contributed by atoms with Gasteiger partial charge in [0.25, 0.3) is 0 Å². The van der Waals surface area contributed by atoms with E-state index in [1.807, 2.05) is 0 Å². The SMILES string of the molecule is CC1(C)c2ccccc2-c2ccc(N(c3ccc(-c4ccccc4)cc3)c3ccc(-c4ccc5c(c4)c4c(n5-c5ccccc5)C=CCC=C4)cc3)cc21. The van der Waals surface area contributed by atoms with E-state index >= 15 is 0 Å². The molecule has 0 unspecified atom stereocenters. The van der Waals surface area contributed by atoms with Crippen molar-refractivity contribution >= 4 is 40.1 Å². The molecule has 2 aliphatic carbocycles. The zero-order valence-corrected chi connectivity index (χ0v) is 30.6. The molecule has 0 atom stereocenters. The molecule has 2 nitrogen and oxygen atoms in total. The highest BCUT2D eigenvalue weighted by atomic mass is 15.1. The molecule has 2 aliphatic rings. The Kier molecular flexibility index (Phi) is 7.59. The summed E-state index contributed by atoms with van der Waals surface area (Å²) in [7, 11) is 0. The summed E-state index contributed by atoms with van der Waals surface area (Å²) in [5.74, 6) is 0. The lowest BCUT2D eigenvalue weighted by Gasteiger charge is -2.28. The molecule has 0 amide bonds. The topological polar surface area (TPSA) is 8.17 Å². The Hall–Kier alpha value is -6.64. The smallest absolute Gasteiger partial charge is 0.0541 e. The lowest BCUT2D eigenvalue weighted by Crippen LogP contribution is -2.16. The first kappa shape index (κ1) is 32.0. The van der Waals surface area contributed by atoms with Crippen LogP contribution in [0.5, 0.6) is 0 Å². The van der Waals surface area contributed by atoms with Crippen molar-refractivity contribution in [1.82, 2.24) is 4.57 Å². The number of aromatic nitrogens is 1. The number of para-hydroxylation sites is 1. The zero-order chi connectivity index (χ0) is 36.2. The maximum absolute atomic E-state index is 2.41. The van der Waals surface area contributed by atoms with Gasteiger partial charge in [-0.15, -0.1) is 0 Å². The van der Waals surface area contributed by atoms with Gasteiger partial charge in [0.2, 0.25) is 0 Å². The van der Waals surface area contributed by atoms with Gasteiger partial charge in [-0.05, 0) is 118 Å². The monoisotopic (exact) mass is 692 g/mol. The van der Waals surface area contributed by atoms with Gasteiger partial charge in [0.05, 0.1) is 11.2 Å². The van der Waals surface area contributed by atoms with E-state index in [0.717, 1.165) is 23.5 Å². The van der Waals surface area contributed by atoms with Crippen LogP contribution in [0.2, 0.25) is 0 Å². The molecule has 8 aromatic rings. The van der Waals surface area contributed by atoms with Gasteiger partial charge >= 0.3 is 0 Å². The van der Waals surface area contributed by atoms with E-state index in [1.165, 1.54) is 72.4 Å². The average Bonchev–Trinajstić information content (AvgIpc) is 3.50. The number of hydrogen-bond donors (Lipinski definition) is 0. The third kappa shape index (κ3) is 5.25. The normalized spacial score (nSPS) is 13.7. The first-order valence-corrected chi connectivity index (χ1v) is 18.9. The first-order valence-electron chi connectivity index (χ1n) is 18.9. The summed E-state index contributed by atoms with van der Waals surface area (Å²) in [6.45, 7) is 4.70. The third-order valence-electron chi connectivity index (χ3n) is 11.4. The predicted octanol–water partition coefficient (Wildman–Crippen LogP) is 14.2. The van der Waals surface area contributed by atoms with Crippen molar-refractivity contribution in [3.8, 4) is 39.1 Å². The second-order valence-corrected chi connectivity index (χ2v) is 14.9. The van der Waals surface area contributed by atoms with Crippen LogP contribution in [0.25, 0.3) is 62.1 Å². The molecule has 10 rings (SSSR count). The standard InChI is InChI=1S/C52H40N2/c1-52(2)48-20-13-12-18-44(48)45-32-31-43(35-49(45)52)53(41-27-22-37(23-28-41)36-14-6-3-7-15-36)42-29-24-38(25-30-42)39-26-33-51-47(34-39)46-19-10-5-11-21-50(46)54(51)40-16-8-4-9-17-40/h3-4,6-35H,5H2,1-2H3. The largest absolute Gasteiger partial charge is 0.310 e. The highest BCUT2D eigenvalue weighted by Gasteiger charge is 2.35. The molecular weight excluding hydrogens is 653 g/mol. The molecule has 1 heterocycles. The van der Waals surface area contributed by atoms with Crippen molar-refractivity contribution < 1.29 is 0 Å². The Morgan fingerprint density at radius 2 is 1.06 bits per heavy atom. The van der Waals surface area contributed by atoms with E-state index in [4.69, 9.17) is 0 Å². The van der Waals surface area contributed by atoms with Crippen LogP contribution in [0, 0.1) is 0 Å². The molecule has 0 saturated heterocycles. The van der Waals surface area contributed by atoms with Crippen LogP contribution < -0.4 is 4.90 Å². The molecule has 1 aromatic heterocycles. The summed E-state index contributed by atoms with van der Waals surface area (Å²) in [6.07, 6.45) is 10.0. The van der Waals surface area contributed by atoms with Gasteiger partial charge in [0.1, 0.15) is 0 Å². The highest BCUT2D eigenvalue weighted by molar-refractivity contribution is 5.98. The van der Waals surface area contributed by atoms with E-state index in [1.54, 1.807) is 0 Å². The Labute approximate surface area is 317 Å². The number of fused-ring (bicyclic) bond motifs is 6. The van der Waals surface area contributed by atoms with Gasteiger partial charge in [-0.3, -0.25) is 0 Å². The van der Waals surface area contributed by atoms with Crippen LogP contribution in [0.1, 0.15) is 42.7 Å². The number of anilines is 3. The summed E-state index contributed by atoms with van der Waals surface area (Å²) in [5.41, 5.74) is 18.5. The number of rotatable bonds is 6. The minimum absolute atomic E-state index is 0.0874. The third-order valence-corrected chi connectivity index (χ3v) is 11.4. The van der Waals surface area contributed by atoms with Crippen LogP contribution in [-0.2, 0) is 5.41 Å². The Morgan fingerprint density at radius 1 is 0.481 bits per heavy atom. The fourth-order valence-corrected chi connectivity index (χ4v) is 8.67. The van der Waals surface area contributed by atoms with Crippen molar-refractivity contribution in [2.24, 2.45) is 0 Å². The molecule has 258 valence electrons. The molecule has 7 aromatic carbocycles.